The number of carbonyl (C=O) groups excluding carboxylic acids is 1. The maximum atomic E-state index is 13.9. The van der Waals surface area contributed by atoms with Crippen LogP contribution in [-0.2, 0) is 5.41 Å². The minimum atomic E-state index is -0.618. The highest BCUT2D eigenvalue weighted by Crippen LogP contribution is 2.48. The number of hydrogen-bond acceptors (Lipinski definition) is 2. The molecule has 1 saturated carbocycles. The van der Waals surface area contributed by atoms with Crippen molar-refractivity contribution in [2.24, 2.45) is 0 Å². The second kappa shape index (κ2) is 6.65. The highest BCUT2D eigenvalue weighted by Gasteiger charge is 2.46. The molecular weight excluding hydrogens is 283 g/mol. The first-order valence-electron chi connectivity index (χ1n) is 7.87. The van der Waals surface area contributed by atoms with Crippen LogP contribution in [0, 0.1) is 5.82 Å². The third-order valence-corrected chi connectivity index (χ3v) is 4.45. The Morgan fingerprint density at radius 1 is 1.41 bits per heavy atom. The van der Waals surface area contributed by atoms with Crippen LogP contribution < -0.4 is 10.6 Å². The molecule has 4 nitrogen and oxygen atoms in total. The molecule has 1 atom stereocenters. The summed E-state index contributed by atoms with van der Waals surface area (Å²) in [6.45, 7) is 4.13. The molecule has 5 heteroatoms. The summed E-state index contributed by atoms with van der Waals surface area (Å²) >= 11 is 0. The SMILES string of the molecule is CCCC(C)(CO)NC(=O)NCC1(c2ccccc2F)CC1. The number of urea groups is 1. The molecule has 3 N–H and O–H groups in total. The number of benzene rings is 1. The van der Waals surface area contributed by atoms with Crippen molar-refractivity contribution in [2.75, 3.05) is 13.2 Å². The second-order valence-electron chi connectivity index (χ2n) is 6.54. The monoisotopic (exact) mass is 308 g/mol. The molecule has 0 aliphatic heterocycles. The first-order chi connectivity index (χ1) is 10.4. The molecule has 0 spiro atoms. The maximum Gasteiger partial charge on any atom is 0.315 e. The van der Waals surface area contributed by atoms with E-state index < -0.39 is 5.54 Å². The number of aliphatic hydroxyl groups is 1. The summed E-state index contributed by atoms with van der Waals surface area (Å²) < 4.78 is 13.9. The molecule has 1 aliphatic rings. The number of rotatable bonds is 7. The zero-order valence-electron chi connectivity index (χ0n) is 13.3. The van der Waals surface area contributed by atoms with Crippen molar-refractivity contribution in [1.82, 2.24) is 10.6 Å². The molecule has 0 aromatic heterocycles. The van der Waals surface area contributed by atoms with Gasteiger partial charge in [-0.05, 0) is 37.8 Å². The van der Waals surface area contributed by atoms with Crippen LogP contribution in [0.1, 0.15) is 45.1 Å². The van der Waals surface area contributed by atoms with Gasteiger partial charge >= 0.3 is 6.03 Å². The van der Waals surface area contributed by atoms with Crippen LogP contribution in [0.5, 0.6) is 0 Å². The van der Waals surface area contributed by atoms with Gasteiger partial charge < -0.3 is 15.7 Å². The van der Waals surface area contributed by atoms with Crippen molar-refractivity contribution < 1.29 is 14.3 Å². The van der Waals surface area contributed by atoms with Gasteiger partial charge in [0.2, 0.25) is 0 Å². The average Bonchev–Trinajstić information content (AvgIpc) is 3.27. The van der Waals surface area contributed by atoms with Crippen LogP contribution in [0.15, 0.2) is 24.3 Å². The van der Waals surface area contributed by atoms with E-state index in [2.05, 4.69) is 10.6 Å². The fraction of sp³-hybridized carbons (Fsp3) is 0.588. The van der Waals surface area contributed by atoms with E-state index in [4.69, 9.17) is 0 Å². The van der Waals surface area contributed by atoms with Gasteiger partial charge in [0.25, 0.3) is 0 Å². The number of amides is 2. The van der Waals surface area contributed by atoms with E-state index in [1.165, 1.54) is 6.07 Å². The summed E-state index contributed by atoms with van der Waals surface area (Å²) in [4.78, 5) is 12.1. The largest absolute Gasteiger partial charge is 0.394 e. The third kappa shape index (κ3) is 3.77. The van der Waals surface area contributed by atoms with Gasteiger partial charge in [-0.25, -0.2) is 9.18 Å². The Labute approximate surface area is 131 Å². The fourth-order valence-corrected chi connectivity index (χ4v) is 2.88. The van der Waals surface area contributed by atoms with E-state index in [-0.39, 0.29) is 23.9 Å². The smallest absolute Gasteiger partial charge is 0.315 e. The lowest BCUT2D eigenvalue weighted by atomic mass is 9.95. The summed E-state index contributed by atoms with van der Waals surface area (Å²) in [5, 5.41) is 15.1. The Balaban J connectivity index is 1.93. The van der Waals surface area contributed by atoms with Gasteiger partial charge in [-0.2, -0.15) is 0 Å². The summed E-state index contributed by atoms with van der Waals surface area (Å²) in [6, 6.07) is 6.43. The van der Waals surface area contributed by atoms with Gasteiger partial charge in [0.05, 0.1) is 12.1 Å². The minimum Gasteiger partial charge on any atom is -0.394 e. The number of aliphatic hydroxyl groups excluding tert-OH is 1. The predicted molar refractivity (Wildman–Crippen MR) is 84.2 cm³/mol. The zero-order chi connectivity index (χ0) is 16.2. The molecule has 2 rings (SSSR count). The molecule has 0 heterocycles. The highest BCUT2D eigenvalue weighted by molar-refractivity contribution is 5.75. The summed E-state index contributed by atoms with van der Waals surface area (Å²) in [5.74, 6) is -0.214. The Morgan fingerprint density at radius 3 is 2.64 bits per heavy atom. The van der Waals surface area contributed by atoms with Crippen LogP contribution >= 0.6 is 0 Å². The Morgan fingerprint density at radius 2 is 2.09 bits per heavy atom. The molecule has 122 valence electrons. The number of nitrogens with one attached hydrogen (secondary N) is 2. The van der Waals surface area contributed by atoms with Crippen LogP contribution in [0.4, 0.5) is 9.18 Å². The van der Waals surface area contributed by atoms with E-state index in [1.807, 2.05) is 19.9 Å². The van der Waals surface area contributed by atoms with Crippen molar-refractivity contribution in [3.63, 3.8) is 0 Å². The minimum absolute atomic E-state index is 0.104. The summed E-state index contributed by atoms with van der Waals surface area (Å²) in [5.41, 5.74) is -0.217. The average molecular weight is 308 g/mol. The molecular formula is C17H25FN2O2. The van der Waals surface area contributed by atoms with E-state index in [9.17, 15) is 14.3 Å². The van der Waals surface area contributed by atoms with Crippen LogP contribution in [0.3, 0.4) is 0 Å². The van der Waals surface area contributed by atoms with Gasteiger partial charge in [-0.1, -0.05) is 31.5 Å². The molecule has 2 amide bonds. The van der Waals surface area contributed by atoms with Crippen molar-refractivity contribution >= 4 is 6.03 Å². The molecule has 1 aromatic rings. The standard InChI is InChI=1S/C17H25FN2O2/c1-3-8-16(2,12-21)20-15(22)19-11-17(9-10-17)13-6-4-5-7-14(13)18/h4-7,21H,3,8-12H2,1-2H3,(H2,19,20,22). The first-order valence-corrected chi connectivity index (χ1v) is 7.87. The lowest BCUT2D eigenvalue weighted by molar-refractivity contribution is 0.163. The van der Waals surface area contributed by atoms with Gasteiger partial charge in [-0.15, -0.1) is 0 Å². The molecule has 0 bridgehead atoms. The number of hydrogen-bond donors (Lipinski definition) is 3. The second-order valence-corrected chi connectivity index (χ2v) is 6.54. The topological polar surface area (TPSA) is 61.4 Å². The van der Waals surface area contributed by atoms with E-state index in [0.717, 1.165) is 19.3 Å². The normalized spacial score (nSPS) is 18.4. The molecule has 1 fully saturated rings. The highest BCUT2D eigenvalue weighted by atomic mass is 19.1. The Hall–Kier alpha value is -1.62. The first kappa shape index (κ1) is 16.7. The van der Waals surface area contributed by atoms with E-state index in [1.54, 1.807) is 12.1 Å². The van der Waals surface area contributed by atoms with Crippen LogP contribution in [0.25, 0.3) is 0 Å². The molecule has 1 aliphatic carbocycles. The van der Waals surface area contributed by atoms with E-state index in [0.29, 0.717) is 18.5 Å². The Bertz CT molecular complexity index is 531. The van der Waals surface area contributed by atoms with Gasteiger partial charge in [0, 0.05) is 12.0 Å². The summed E-state index contributed by atoms with van der Waals surface area (Å²) in [7, 11) is 0. The van der Waals surface area contributed by atoms with Crippen molar-refractivity contribution in [2.45, 2.75) is 50.5 Å². The maximum absolute atomic E-state index is 13.9. The molecule has 22 heavy (non-hydrogen) atoms. The van der Waals surface area contributed by atoms with Crippen LogP contribution in [-0.4, -0.2) is 29.8 Å². The van der Waals surface area contributed by atoms with Crippen molar-refractivity contribution in [3.05, 3.63) is 35.6 Å². The van der Waals surface area contributed by atoms with Gasteiger partial charge in [0.15, 0.2) is 0 Å². The lowest BCUT2D eigenvalue weighted by Gasteiger charge is -2.29. The number of halogens is 1. The molecule has 1 unspecified atom stereocenters. The number of carbonyl (C=O) groups is 1. The molecule has 0 radical (unpaired) electrons. The molecule has 1 aromatic carbocycles. The Kier molecular flexibility index (Phi) is 5.06. The van der Waals surface area contributed by atoms with Crippen molar-refractivity contribution in [1.29, 1.82) is 0 Å². The van der Waals surface area contributed by atoms with Gasteiger partial charge in [0.1, 0.15) is 5.82 Å². The zero-order valence-corrected chi connectivity index (χ0v) is 13.3. The van der Waals surface area contributed by atoms with Crippen LogP contribution in [0.2, 0.25) is 0 Å². The lowest BCUT2D eigenvalue weighted by Crippen LogP contribution is -2.53. The third-order valence-electron chi connectivity index (χ3n) is 4.45. The van der Waals surface area contributed by atoms with E-state index >= 15 is 0 Å². The quantitative estimate of drug-likeness (QED) is 0.725. The predicted octanol–water partition coefficient (Wildman–Crippen LogP) is 2.71. The van der Waals surface area contributed by atoms with Gasteiger partial charge in [-0.3, -0.25) is 0 Å². The fourth-order valence-electron chi connectivity index (χ4n) is 2.88. The summed E-state index contributed by atoms with van der Waals surface area (Å²) in [6.07, 6.45) is 3.33. The van der Waals surface area contributed by atoms with Crippen molar-refractivity contribution in [3.8, 4) is 0 Å². The molecule has 0 saturated heterocycles.